The third-order valence-electron chi connectivity index (χ3n) is 2.81. The van der Waals surface area contributed by atoms with E-state index < -0.39 is 0 Å². The van der Waals surface area contributed by atoms with Gasteiger partial charge < -0.3 is 11.1 Å². The van der Waals surface area contributed by atoms with Crippen molar-refractivity contribution in [1.82, 2.24) is 5.32 Å². The molecule has 1 amide bonds. The zero-order valence-electron chi connectivity index (χ0n) is 9.94. The Labute approximate surface area is 97.0 Å². The number of carbonyl (C=O) groups excluding carboxylic acids is 1. The van der Waals surface area contributed by atoms with Gasteiger partial charge in [-0.3, -0.25) is 4.79 Å². The predicted molar refractivity (Wildman–Crippen MR) is 65.8 cm³/mol. The molecule has 0 saturated heterocycles. The van der Waals surface area contributed by atoms with Gasteiger partial charge in [0, 0.05) is 12.5 Å². The predicted octanol–water partition coefficient (Wildman–Crippen LogP) is 1.85. The van der Waals surface area contributed by atoms with Crippen molar-refractivity contribution >= 4 is 5.91 Å². The highest BCUT2D eigenvalue weighted by molar-refractivity contribution is 5.79. The van der Waals surface area contributed by atoms with Crippen LogP contribution >= 0.6 is 0 Å². The maximum atomic E-state index is 11.8. The Kier molecular flexibility index (Phi) is 4.99. The average Bonchev–Trinajstić information content (AvgIpc) is 2.31. The molecule has 0 aromatic heterocycles. The first kappa shape index (κ1) is 12.7. The van der Waals surface area contributed by atoms with Gasteiger partial charge in [-0.15, -0.1) is 0 Å². The Morgan fingerprint density at radius 2 is 2.00 bits per heavy atom. The van der Waals surface area contributed by atoms with Gasteiger partial charge >= 0.3 is 0 Å². The fourth-order valence-corrected chi connectivity index (χ4v) is 1.62. The van der Waals surface area contributed by atoms with Crippen LogP contribution in [0.4, 0.5) is 0 Å². The molecule has 0 radical (unpaired) electrons. The van der Waals surface area contributed by atoms with Crippen molar-refractivity contribution < 1.29 is 4.79 Å². The fraction of sp³-hybridized carbons (Fsp3) is 0.462. The van der Waals surface area contributed by atoms with Gasteiger partial charge in [0.15, 0.2) is 0 Å². The number of benzene rings is 1. The maximum absolute atomic E-state index is 11.8. The van der Waals surface area contributed by atoms with Crippen molar-refractivity contribution in [2.75, 3.05) is 6.54 Å². The van der Waals surface area contributed by atoms with Crippen LogP contribution in [0.15, 0.2) is 30.3 Å². The van der Waals surface area contributed by atoms with Gasteiger partial charge in [0.05, 0.1) is 6.04 Å². The second kappa shape index (κ2) is 6.28. The highest BCUT2D eigenvalue weighted by Crippen LogP contribution is 2.12. The summed E-state index contributed by atoms with van der Waals surface area (Å²) in [5, 5.41) is 2.98. The molecule has 0 fully saturated rings. The molecule has 16 heavy (non-hydrogen) atoms. The van der Waals surface area contributed by atoms with Gasteiger partial charge in [0.1, 0.15) is 0 Å². The number of hydrogen-bond donors (Lipinski definition) is 2. The highest BCUT2D eigenvalue weighted by Gasteiger charge is 2.16. The normalized spacial score (nSPS) is 14.2. The Morgan fingerprint density at radius 3 is 2.50 bits per heavy atom. The molecule has 1 aromatic rings. The molecule has 0 aliphatic carbocycles. The molecule has 0 aliphatic heterocycles. The molecule has 0 spiro atoms. The van der Waals surface area contributed by atoms with Crippen LogP contribution in [0.1, 0.15) is 31.9 Å². The highest BCUT2D eigenvalue weighted by atomic mass is 16.1. The summed E-state index contributed by atoms with van der Waals surface area (Å²) in [5.41, 5.74) is 6.65. The second-order valence-electron chi connectivity index (χ2n) is 3.98. The van der Waals surface area contributed by atoms with E-state index in [0.29, 0.717) is 6.54 Å². The number of nitrogens with two attached hydrogens (primary N) is 1. The average molecular weight is 220 g/mol. The summed E-state index contributed by atoms with van der Waals surface area (Å²) in [6.45, 7) is 4.37. The largest absolute Gasteiger partial charge is 0.349 e. The standard InChI is InChI=1S/C13H20N2O/c1-3-11(9-14)13(16)15-10(2)12-7-5-4-6-8-12/h4-8,10-11H,3,9,14H2,1-2H3,(H,15,16). The number of rotatable bonds is 5. The number of nitrogens with one attached hydrogen (secondary N) is 1. The van der Waals surface area contributed by atoms with Gasteiger partial charge in [-0.2, -0.15) is 0 Å². The molecular formula is C13H20N2O. The molecule has 3 N–H and O–H groups in total. The van der Waals surface area contributed by atoms with Crippen molar-refractivity contribution in [3.05, 3.63) is 35.9 Å². The van der Waals surface area contributed by atoms with Crippen LogP contribution in [0.25, 0.3) is 0 Å². The van der Waals surface area contributed by atoms with Crippen LogP contribution in [-0.2, 0) is 4.79 Å². The van der Waals surface area contributed by atoms with Crippen molar-refractivity contribution in [3.8, 4) is 0 Å². The summed E-state index contributed by atoms with van der Waals surface area (Å²) >= 11 is 0. The number of amides is 1. The first-order chi connectivity index (χ1) is 7.69. The van der Waals surface area contributed by atoms with E-state index >= 15 is 0 Å². The smallest absolute Gasteiger partial charge is 0.224 e. The van der Waals surface area contributed by atoms with Gasteiger partial charge in [0.2, 0.25) is 5.91 Å². The minimum atomic E-state index is -0.0776. The van der Waals surface area contributed by atoms with Crippen LogP contribution in [-0.4, -0.2) is 12.5 Å². The molecule has 0 aliphatic rings. The SMILES string of the molecule is CCC(CN)C(=O)NC(C)c1ccccc1. The summed E-state index contributed by atoms with van der Waals surface area (Å²) in [7, 11) is 0. The topological polar surface area (TPSA) is 55.1 Å². The summed E-state index contributed by atoms with van der Waals surface area (Å²) < 4.78 is 0. The number of carbonyl (C=O) groups is 1. The molecule has 3 heteroatoms. The van der Waals surface area contributed by atoms with Gasteiger partial charge in [-0.05, 0) is 18.9 Å². The third kappa shape index (κ3) is 3.35. The van der Waals surface area contributed by atoms with E-state index in [-0.39, 0.29) is 17.9 Å². The number of hydrogen-bond acceptors (Lipinski definition) is 2. The first-order valence-corrected chi connectivity index (χ1v) is 5.74. The van der Waals surface area contributed by atoms with E-state index in [1.165, 1.54) is 0 Å². The van der Waals surface area contributed by atoms with Gasteiger partial charge in [-0.25, -0.2) is 0 Å². The molecule has 3 nitrogen and oxygen atoms in total. The zero-order chi connectivity index (χ0) is 12.0. The Morgan fingerprint density at radius 1 is 1.38 bits per heavy atom. The van der Waals surface area contributed by atoms with Crippen molar-refractivity contribution in [2.45, 2.75) is 26.3 Å². The molecule has 0 saturated carbocycles. The first-order valence-electron chi connectivity index (χ1n) is 5.74. The van der Waals surface area contributed by atoms with E-state index in [9.17, 15) is 4.79 Å². The summed E-state index contributed by atoms with van der Waals surface area (Å²) in [6, 6.07) is 9.96. The Bertz CT molecular complexity index is 320. The van der Waals surface area contributed by atoms with E-state index in [2.05, 4.69) is 5.32 Å². The molecule has 0 heterocycles. The monoisotopic (exact) mass is 220 g/mol. The van der Waals surface area contributed by atoms with E-state index in [0.717, 1.165) is 12.0 Å². The van der Waals surface area contributed by atoms with Crippen LogP contribution < -0.4 is 11.1 Å². The lowest BCUT2D eigenvalue weighted by Crippen LogP contribution is -2.36. The van der Waals surface area contributed by atoms with Crippen LogP contribution in [0.2, 0.25) is 0 Å². The van der Waals surface area contributed by atoms with Gasteiger partial charge in [-0.1, -0.05) is 37.3 Å². The molecule has 1 aromatic carbocycles. The molecule has 0 bridgehead atoms. The maximum Gasteiger partial charge on any atom is 0.224 e. The Balaban J connectivity index is 2.58. The van der Waals surface area contributed by atoms with Crippen molar-refractivity contribution in [2.24, 2.45) is 11.7 Å². The van der Waals surface area contributed by atoms with Gasteiger partial charge in [0.25, 0.3) is 0 Å². The summed E-state index contributed by atoms with van der Waals surface area (Å²) in [4.78, 5) is 11.8. The molecule has 2 unspecified atom stereocenters. The molecule has 1 rings (SSSR count). The summed E-state index contributed by atoms with van der Waals surface area (Å²) in [5.74, 6) is -0.0347. The minimum Gasteiger partial charge on any atom is -0.349 e. The Hall–Kier alpha value is -1.35. The molecule has 88 valence electrons. The minimum absolute atomic E-state index is 0.0364. The second-order valence-corrected chi connectivity index (χ2v) is 3.98. The van der Waals surface area contributed by atoms with E-state index in [1.807, 2.05) is 44.2 Å². The van der Waals surface area contributed by atoms with E-state index in [4.69, 9.17) is 5.73 Å². The van der Waals surface area contributed by atoms with Crippen LogP contribution in [0, 0.1) is 5.92 Å². The molecular weight excluding hydrogens is 200 g/mol. The lowest BCUT2D eigenvalue weighted by molar-refractivity contribution is -0.125. The van der Waals surface area contributed by atoms with Crippen molar-refractivity contribution in [3.63, 3.8) is 0 Å². The molecule has 2 atom stereocenters. The lowest BCUT2D eigenvalue weighted by atomic mass is 10.0. The quantitative estimate of drug-likeness (QED) is 0.795. The fourth-order valence-electron chi connectivity index (χ4n) is 1.62. The third-order valence-corrected chi connectivity index (χ3v) is 2.81. The van der Waals surface area contributed by atoms with Crippen molar-refractivity contribution in [1.29, 1.82) is 0 Å². The van der Waals surface area contributed by atoms with Crippen LogP contribution in [0.5, 0.6) is 0 Å². The zero-order valence-corrected chi connectivity index (χ0v) is 9.94. The summed E-state index contributed by atoms with van der Waals surface area (Å²) in [6.07, 6.45) is 0.782. The van der Waals surface area contributed by atoms with Crippen LogP contribution in [0.3, 0.4) is 0 Å². The van der Waals surface area contributed by atoms with E-state index in [1.54, 1.807) is 0 Å². The lowest BCUT2D eigenvalue weighted by Gasteiger charge is -2.18.